The average molecular weight is 1810 g/mol. The predicted molar refractivity (Wildman–Crippen MR) is 592 cm³/mol. The molecule has 0 N–H and O–H groups in total. The summed E-state index contributed by atoms with van der Waals surface area (Å²) in [5.74, 6) is 0. The number of nitrogens with zero attached hydrogens (tertiary/aromatic N) is 5. The fraction of sp³-hybridized carbons (Fsp3) is 0.308. The lowest BCUT2D eigenvalue weighted by molar-refractivity contribution is 0.568. The van der Waals surface area contributed by atoms with E-state index in [4.69, 9.17) is 0 Å². The van der Waals surface area contributed by atoms with Crippen molar-refractivity contribution in [2.45, 2.75) is 262 Å². The summed E-state index contributed by atoms with van der Waals surface area (Å²) < 4.78 is 357. The van der Waals surface area contributed by atoms with Crippen molar-refractivity contribution in [3.8, 4) is 61.6 Å². The molecule has 6 heteroatoms. The van der Waals surface area contributed by atoms with Gasteiger partial charge in [-0.3, -0.25) is 0 Å². The average Bonchev–Trinajstić information content (AvgIpc) is 1.27. The molecular weight excluding hydrogens is 1640 g/mol. The lowest BCUT2D eigenvalue weighted by Crippen LogP contribution is -2.61. The SMILES string of the molecule is [2H]c1cc(-c2c([2H])c(C(C)(C)C)c([2H])c(-c3c([2H])c(C(C)(C)C)c([2H])c(C(C)(C)C)c3[2H])c2N2c3cc(-n4c5ccc(C(C)(C)C)cc5c5cc(C(C)(C)C)ccc54)ccc3B3c4ccc(-n5c6c([2H])c([2H])c([2H])c([2H])c6c6c([2H])c([2H])c([2H])c([2H])c65)cc4N(c4c(-c5c([2H])c([2H])c(C(C)(C)C)c([2H])c5[2H])c([2H])c(C(C)(C)C)c([2H])c4-c4c([2H])c(C(C)(C)C)c([2H])c(C(C)(C)C)c4[2H])c4cc(-n5c6c([2H])c([2H])c([2H])c([2H])c6c6c([2H])c([2H])c([2H])c([2H])c65)cc2c43)c([2H])c([2H])c1C(C)(C)C. The van der Waals surface area contributed by atoms with Gasteiger partial charge in [-0.1, -0.05) is 389 Å². The van der Waals surface area contributed by atoms with E-state index in [9.17, 15) is 45.2 Å². The highest BCUT2D eigenvalue weighted by Gasteiger charge is 2.48. The fourth-order valence-corrected chi connectivity index (χ4v) is 18.8. The molecule has 5 nitrogen and oxygen atoms in total. The van der Waals surface area contributed by atoms with Crippen LogP contribution < -0.4 is 26.2 Å². The van der Waals surface area contributed by atoms with Crippen molar-refractivity contribution in [3.63, 3.8) is 0 Å². The van der Waals surface area contributed by atoms with Crippen molar-refractivity contribution in [2.75, 3.05) is 9.80 Å². The van der Waals surface area contributed by atoms with Crippen molar-refractivity contribution in [3.05, 3.63) is 346 Å². The van der Waals surface area contributed by atoms with Crippen LogP contribution in [-0.4, -0.2) is 20.4 Å². The molecule has 0 saturated heterocycles. The molecule has 0 saturated carbocycles. The quantitative estimate of drug-likeness (QED) is 0.134. The molecule has 0 radical (unpaired) electrons. The number of benzene rings is 15. The molecule has 136 heavy (non-hydrogen) atoms. The minimum atomic E-state index is -1.57. The van der Waals surface area contributed by atoms with Crippen LogP contribution in [0.5, 0.6) is 0 Å². The molecule has 0 unspecified atom stereocenters. The topological polar surface area (TPSA) is 21.3 Å². The molecule has 0 spiro atoms. The first-order valence-corrected chi connectivity index (χ1v) is 47.2. The molecule has 15 aromatic carbocycles. The van der Waals surface area contributed by atoms with E-state index in [1.54, 1.807) is 148 Å². The second-order valence-electron chi connectivity index (χ2n) is 47.4. The minimum absolute atomic E-state index is 0.0128. The van der Waals surface area contributed by atoms with Crippen LogP contribution in [0.3, 0.4) is 0 Å². The zero-order valence-electron chi connectivity index (χ0n) is 117. The van der Waals surface area contributed by atoms with Crippen molar-refractivity contribution in [1.29, 1.82) is 0 Å². The van der Waals surface area contributed by atoms with Crippen LogP contribution in [0.2, 0.25) is 0 Å². The van der Waals surface area contributed by atoms with Gasteiger partial charge >= 0.3 is 0 Å². The summed E-state index contributed by atoms with van der Waals surface area (Å²) in [6, 6.07) is 5.39. The predicted octanol–water partition coefficient (Wildman–Crippen LogP) is 34.7. The molecule has 686 valence electrons. The number of hydrogen-bond donors (Lipinski definition) is 0. The van der Waals surface area contributed by atoms with E-state index in [0.717, 1.165) is 21.9 Å². The second-order valence-corrected chi connectivity index (χ2v) is 47.4. The standard InChI is InChI=1S/C130H138BN5/c1-121(2,3)83-51-47-79(48-52-83)100-71-91(129(25,26)27)73-102(81-63-87(125(13,14)15)67-88(64-81)126(16,17)18)119(100)135-114-75-93(132-108-43-35-31-39-96(108)97-40-32-36-44-109(97)132)57-59-106(114)131-107-60-58-94(133-112-61-55-85(123(7,8)9)69-104(112)105-70-86(124(10,11)12)56-62-113(105)133)76-115(107)136(117-78-95(77-116(135)118(117)131)134-110-45-37-33-41-98(110)99-42-34-38-46-111(99)134)120-101(80-49-53-84(54-50-80)122(4,5)6)72-92(130(28,29)30)74-103(120)82-65-89(127(19,20)21)68-90(66-82)128(22,23)24/h31-78H,1-30H3/i31D,32D,33D,34D,35D,36D,37D,38D,39D,40D,41D,42D,43D,44D,45D,46D,47D,48D,49D,51D,52D,53D,54D,63D,64D,65D,66D,67D,68D,71D,72D,73D,74D. The van der Waals surface area contributed by atoms with E-state index in [-0.39, 0.29) is 152 Å². The summed E-state index contributed by atoms with van der Waals surface area (Å²) in [4.78, 5) is 3.17. The zero-order valence-corrected chi connectivity index (χ0v) is 84.0. The van der Waals surface area contributed by atoms with Crippen molar-refractivity contribution in [2.24, 2.45) is 0 Å². The fourth-order valence-electron chi connectivity index (χ4n) is 18.8. The molecular formula is C130H138BN5. The Balaban J connectivity index is 1.19. The highest BCUT2D eigenvalue weighted by molar-refractivity contribution is 7.00. The number of fused-ring (bicyclic) bond motifs is 13. The number of hydrogen-bond acceptors (Lipinski definition) is 2. The molecule has 5 heterocycles. The summed E-state index contributed by atoms with van der Waals surface area (Å²) in [7, 11) is 0. The summed E-state index contributed by atoms with van der Waals surface area (Å²) in [6.07, 6.45) is 0. The lowest BCUT2D eigenvalue weighted by atomic mass is 9.33. The monoisotopic (exact) mass is 1810 g/mol. The smallest absolute Gasteiger partial charge is 0.252 e. The summed E-state index contributed by atoms with van der Waals surface area (Å²) in [5, 5.41) is -0.0665. The minimum Gasteiger partial charge on any atom is -0.310 e. The second kappa shape index (κ2) is 31.5. The molecule has 2 aliphatic heterocycles. The maximum Gasteiger partial charge on any atom is 0.252 e. The highest BCUT2D eigenvalue weighted by Crippen LogP contribution is 2.58. The Morgan fingerprint density at radius 1 is 0.206 bits per heavy atom. The Morgan fingerprint density at radius 2 is 0.485 bits per heavy atom. The van der Waals surface area contributed by atoms with E-state index < -0.39 is 303 Å². The van der Waals surface area contributed by atoms with Gasteiger partial charge in [0.25, 0.3) is 6.71 Å². The first kappa shape index (κ1) is 60.1. The van der Waals surface area contributed by atoms with Crippen LogP contribution >= 0.6 is 0 Å². The van der Waals surface area contributed by atoms with Gasteiger partial charge in [0.1, 0.15) is 0 Å². The molecule has 0 amide bonds. The molecule has 2 aliphatic rings. The van der Waals surface area contributed by atoms with Crippen molar-refractivity contribution >= 4 is 123 Å². The molecule has 0 fully saturated rings. The first-order valence-electron chi connectivity index (χ1n) is 63.7. The van der Waals surface area contributed by atoms with E-state index in [0.29, 0.717) is 16.7 Å². The third kappa shape index (κ3) is 15.6. The summed E-state index contributed by atoms with van der Waals surface area (Å²) in [6.45, 7) is 53.4. The van der Waals surface area contributed by atoms with Gasteiger partial charge in [-0.2, -0.15) is 0 Å². The van der Waals surface area contributed by atoms with Crippen LogP contribution in [0.15, 0.2) is 290 Å². The molecule has 3 aromatic heterocycles. The third-order valence-electron chi connectivity index (χ3n) is 26.6. The van der Waals surface area contributed by atoms with Crippen LogP contribution in [0.4, 0.5) is 34.1 Å². The van der Waals surface area contributed by atoms with Crippen LogP contribution in [0.1, 0.15) is 309 Å². The van der Waals surface area contributed by atoms with E-state index >= 15 is 0 Å². The van der Waals surface area contributed by atoms with Gasteiger partial charge in [-0.15, -0.1) is 0 Å². The molecule has 0 atom stereocenters. The molecule has 0 bridgehead atoms. The molecule has 0 aliphatic carbocycles. The number of rotatable bonds is 9. The van der Waals surface area contributed by atoms with E-state index in [1.807, 2.05) is 71.9 Å². The zero-order chi connectivity index (χ0) is 125. The van der Waals surface area contributed by atoms with E-state index in [1.165, 1.54) is 32.2 Å². The molecule has 18 aromatic rings. The first-order chi connectivity index (χ1) is 77.6. The van der Waals surface area contributed by atoms with Gasteiger partial charge in [-0.25, -0.2) is 0 Å². The van der Waals surface area contributed by atoms with Gasteiger partial charge in [0, 0.05) is 88.7 Å². The van der Waals surface area contributed by atoms with Crippen LogP contribution in [0.25, 0.3) is 127 Å². The maximum absolute atomic E-state index is 12.0. The third-order valence-corrected chi connectivity index (χ3v) is 26.6. The normalized spacial score (nSPS) is 17.2. The molecule has 20 rings (SSSR count). The van der Waals surface area contributed by atoms with Gasteiger partial charge in [0.05, 0.1) is 95.4 Å². The van der Waals surface area contributed by atoms with Gasteiger partial charge in [0.2, 0.25) is 0 Å². The van der Waals surface area contributed by atoms with Crippen molar-refractivity contribution in [1.82, 2.24) is 13.7 Å². The van der Waals surface area contributed by atoms with Gasteiger partial charge < -0.3 is 23.5 Å². The lowest BCUT2D eigenvalue weighted by Gasteiger charge is -2.46. The van der Waals surface area contributed by atoms with Gasteiger partial charge in [-0.05, 0) is 257 Å². The van der Waals surface area contributed by atoms with Crippen molar-refractivity contribution < 1.29 is 45.2 Å². The Kier molecular flexibility index (Phi) is 13.9. The number of para-hydroxylation sites is 4. The number of anilines is 6. The Labute approximate surface area is 857 Å². The summed E-state index contributed by atoms with van der Waals surface area (Å²) >= 11 is 0. The maximum atomic E-state index is 12.0. The van der Waals surface area contributed by atoms with Crippen LogP contribution in [-0.2, 0) is 54.1 Å². The highest BCUT2D eigenvalue weighted by atomic mass is 15.2. The largest absolute Gasteiger partial charge is 0.310 e. The van der Waals surface area contributed by atoms with Gasteiger partial charge in [0.15, 0.2) is 0 Å². The summed E-state index contributed by atoms with van der Waals surface area (Å²) in [5.41, 5.74) is -14.6. The Morgan fingerprint density at radius 3 is 0.824 bits per heavy atom. The Hall–Kier alpha value is -12.6. The van der Waals surface area contributed by atoms with Crippen LogP contribution in [0, 0.1) is 0 Å². The van der Waals surface area contributed by atoms with E-state index in [2.05, 4.69) is 70.4 Å². The number of aromatic nitrogens is 3. The Bertz CT molecular complexity index is 9740.